The van der Waals surface area contributed by atoms with Gasteiger partial charge in [0, 0.05) is 31.5 Å². The van der Waals surface area contributed by atoms with Crippen LogP contribution in [0.25, 0.3) is 11.4 Å². The number of benzene rings is 1. The molecule has 0 aliphatic carbocycles. The van der Waals surface area contributed by atoms with Crippen LogP contribution in [0.3, 0.4) is 0 Å². The predicted octanol–water partition coefficient (Wildman–Crippen LogP) is 3.12. The Morgan fingerprint density at radius 3 is 2.74 bits per heavy atom. The van der Waals surface area contributed by atoms with Crippen LogP contribution in [0.2, 0.25) is 5.02 Å². The van der Waals surface area contributed by atoms with E-state index in [1.807, 2.05) is 18.2 Å². The largest absolute Gasteiger partial charge is 0.466 e. The van der Waals surface area contributed by atoms with Crippen LogP contribution in [0.4, 0.5) is 0 Å². The van der Waals surface area contributed by atoms with Crippen LogP contribution in [-0.4, -0.2) is 46.6 Å². The molecule has 1 fully saturated rings. The zero-order valence-corrected chi connectivity index (χ0v) is 15.9. The minimum Gasteiger partial charge on any atom is -0.466 e. The Labute approximate surface area is 162 Å². The summed E-state index contributed by atoms with van der Waals surface area (Å²) in [5.41, 5.74) is 0.696. The summed E-state index contributed by atoms with van der Waals surface area (Å²) in [6.45, 7) is 3.32. The highest BCUT2D eigenvalue weighted by molar-refractivity contribution is 6.33. The molecule has 3 rings (SSSR count). The molecular formula is C19H22ClN3O4. The van der Waals surface area contributed by atoms with Gasteiger partial charge in [-0.1, -0.05) is 28.9 Å². The maximum Gasteiger partial charge on any atom is 0.309 e. The lowest BCUT2D eigenvalue weighted by Gasteiger charge is -2.30. The zero-order chi connectivity index (χ0) is 19.2. The van der Waals surface area contributed by atoms with Gasteiger partial charge in [-0.05, 0) is 31.9 Å². The van der Waals surface area contributed by atoms with Gasteiger partial charge in [-0.15, -0.1) is 0 Å². The number of hydrogen-bond acceptors (Lipinski definition) is 6. The quantitative estimate of drug-likeness (QED) is 0.703. The fourth-order valence-corrected chi connectivity index (χ4v) is 3.33. The summed E-state index contributed by atoms with van der Waals surface area (Å²) in [7, 11) is 0. The lowest BCUT2D eigenvalue weighted by molar-refractivity contribution is -0.151. The van der Waals surface area contributed by atoms with E-state index in [9.17, 15) is 9.59 Å². The number of carbonyl (C=O) groups is 2. The molecule has 1 amide bonds. The number of aryl methyl sites for hydroxylation is 1. The molecule has 0 saturated carbocycles. The third kappa shape index (κ3) is 4.86. The fraction of sp³-hybridized carbons (Fsp3) is 0.474. The molecule has 2 aromatic rings. The van der Waals surface area contributed by atoms with E-state index >= 15 is 0 Å². The number of hydrogen-bond donors (Lipinski definition) is 0. The summed E-state index contributed by atoms with van der Waals surface area (Å²) in [5.74, 6) is 0.568. The van der Waals surface area contributed by atoms with Gasteiger partial charge in [0.25, 0.3) is 0 Å². The Morgan fingerprint density at radius 1 is 1.30 bits per heavy atom. The molecule has 0 radical (unpaired) electrons. The molecule has 0 N–H and O–H groups in total. The second-order valence-electron chi connectivity index (χ2n) is 6.40. The molecule has 0 bridgehead atoms. The van der Waals surface area contributed by atoms with Gasteiger partial charge >= 0.3 is 5.97 Å². The van der Waals surface area contributed by atoms with E-state index in [0.717, 1.165) is 0 Å². The van der Waals surface area contributed by atoms with Crippen molar-refractivity contribution in [3.63, 3.8) is 0 Å². The Kier molecular flexibility index (Phi) is 6.45. The first-order valence-corrected chi connectivity index (χ1v) is 9.48. The highest BCUT2D eigenvalue weighted by atomic mass is 35.5. The molecule has 7 nitrogen and oxygen atoms in total. The number of carbonyl (C=O) groups excluding carboxylic acids is 2. The number of piperidine rings is 1. The maximum absolute atomic E-state index is 12.4. The van der Waals surface area contributed by atoms with Crippen molar-refractivity contribution in [2.45, 2.75) is 32.6 Å². The van der Waals surface area contributed by atoms with E-state index in [1.54, 1.807) is 17.9 Å². The standard InChI is InChI=1S/C19H22ClN3O4/c1-2-26-19(25)13-9-11-23(12-10-13)17(24)8-7-16-21-18(22-27-16)14-5-3-4-6-15(14)20/h3-6,13H,2,7-12H2,1H3. The van der Waals surface area contributed by atoms with Crippen molar-refractivity contribution in [1.82, 2.24) is 15.0 Å². The first-order valence-electron chi connectivity index (χ1n) is 9.10. The summed E-state index contributed by atoms with van der Waals surface area (Å²) in [4.78, 5) is 30.3. The second-order valence-corrected chi connectivity index (χ2v) is 6.81. The number of amides is 1. The van der Waals surface area contributed by atoms with E-state index in [4.69, 9.17) is 20.9 Å². The summed E-state index contributed by atoms with van der Waals surface area (Å²) < 4.78 is 10.3. The molecule has 0 spiro atoms. The van der Waals surface area contributed by atoms with Crippen molar-refractivity contribution < 1.29 is 18.8 Å². The number of nitrogens with zero attached hydrogens (tertiary/aromatic N) is 3. The van der Waals surface area contributed by atoms with Crippen LogP contribution in [0.1, 0.15) is 32.1 Å². The third-order valence-electron chi connectivity index (χ3n) is 4.60. The van der Waals surface area contributed by atoms with Crippen LogP contribution in [0, 0.1) is 5.92 Å². The zero-order valence-electron chi connectivity index (χ0n) is 15.2. The SMILES string of the molecule is CCOC(=O)C1CCN(C(=O)CCc2nc(-c3ccccc3Cl)no2)CC1. The molecule has 1 saturated heterocycles. The molecule has 1 aliphatic rings. The van der Waals surface area contributed by atoms with Gasteiger partial charge < -0.3 is 14.2 Å². The molecule has 1 aromatic carbocycles. The van der Waals surface area contributed by atoms with Crippen LogP contribution in [-0.2, 0) is 20.7 Å². The number of ether oxygens (including phenoxy) is 1. The van der Waals surface area contributed by atoms with Gasteiger partial charge in [0.1, 0.15) is 0 Å². The summed E-state index contributed by atoms with van der Waals surface area (Å²) in [5, 5.41) is 4.48. The molecule has 8 heteroatoms. The lowest BCUT2D eigenvalue weighted by Crippen LogP contribution is -2.40. The monoisotopic (exact) mass is 391 g/mol. The van der Waals surface area contributed by atoms with E-state index in [0.29, 0.717) is 61.3 Å². The van der Waals surface area contributed by atoms with Gasteiger partial charge in [0.15, 0.2) is 0 Å². The van der Waals surface area contributed by atoms with Crippen LogP contribution in [0.15, 0.2) is 28.8 Å². The summed E-state index contributed by atoms with van der Waals surface area (Å²) >= 11 is 6.14. The number of esters is 1. The van der Waals surface area contributed by atoms with E-state index in [2.05, 4.69) is 10.1 Å². The second kappa shape index (κ2) is 8.99. The molecule has 1 aliphatic heterocycles. The average Bonchev–Trinajstić information content (AvgIpc) is 3.15. The molecule has 27 heavy (non-hydrogen) atoms. The Balaban J connectivity index is 1.49. The average molecular weight is 392 g/mol. The van der Waals surface area contributed by atoms with Crippen molar-refractivity contribution in [1.29, 1.82) is 0 Å². The predicted molar refractivity (Wildman–Crippen MR) is 99.0 cm³/mol. The Morgan fingerprint density at radius 2 is 2.04 bits per heavy atom. The first-order chi connectivity index (χ1) is 13.1. The van der Waals surface area contributed by atoms with Gasteiger partial charge in [-0.25, -0.2) is 0 Å². The first kappa shape index (κ1) is 19.4. The maximum atomic E-state index is 12.4. The normalized spacial score (nSPS) is 15.0. The van der Waals surface area contributed by atoms with Crippen molar-refractivity contribution >= 4 is 23.5 Å². The van der Waals surface area contributed by atoms with Crippen molar-refractivity contribution in [3.05, 3.63) is 35.2 Å². The van der Waals surface area contributed by atoms with Gasteiger partial charge in [-0.3, -0.25) is 9.59 Å². The van der Waals surface area contributed by atoms with Crippen molar-refractivity contribution in [2.75, 3.05) is 19.7 Å². The topological polar surface area (TPSA) is 85.5 Å². The minimum absolute atomic E-state index is 0.0230. The molecule has 144 valence electrons. The van der Waals surface area contributed by atoms with Crippen LogP contribution >= 0.6 is 11.6 Å². The number of rotatable bonds is 6. The van der Waals surface area contributed by atoms with E-state index in [1.165, 1.54) is 0 Å². The summed E-state index contributed by atoms with van der Waals surface area (Å²) in [6.07, 6.45) is 1.94. The van der Waals surface area contributed by atoms with Crippen molar-refractivity contribution in [2.24, 2.45) is 5.92 Å². The van der Waals surface area contributed by atoms with Gasteiger partial charge in [0.2, 0.25) is 17.6 Å². The fourth-order valence-electron chi connectivity index (χ4n) is 3.11. The number of halogens is 1. The van der Waals surface area contributed by atoms with Crippen molar-refractivity contribution in [3.8, 4) is 11.4 Å². The number of aromatic nitrogens is 2. The number of likely N-dealkylation sites (tertiary alicyclic amines) is 1. The highest BCUT2D eigenvalue weighted by Crippen LogP contribution is 2.25. The van der Waals surface area contributed by atoms with Gasteiger partial charge in [0.05, 0.1) is 17.5 Å². The molecule has 0 atom stereocenters. The van der Waals surface area contributed by atoms with Crippen LogP contribution in [0.5, 0.6) is 0 Å². The Hall–Kier alpha value is -2.41. The van der Waals surface area contributed by atoms with E-state index < -0.39 is 0 Å². The lowest BCUT2D eigenvalue weighted by atomic mass is 9.97. The van der Waals surface area contributed by atoms with E-state index in [-0.39, 0.29) is 24.2 Å². The summed E-state index contributed by atoms with van der Waals surface area (Å²) in [6, 6.07) is 7.25. The minimum atomic E-state index is -0.164. The highest BCUT2D eigenvalue weighted by Gasteiger charge is 2.28. The smallest absolute Gasteiger partial charge is 0.309 e. The molecular weight excluding hydrogens is 370 g/mol. The molecule has 0 unspecified atom stereocenters. The molecule has 2 heterocycles. The van der Waals surface area contributed by atoms with Crippen LogP contribution < -0.4 is 0 Å². The van der Waals surface area contributed by atoms with Gasteiger partial charge in [-0.2, -0.15) is 4.98 Å². The molecule has 1 aromatic heterocycles. The Bertz CT molecular complexity index is 800. The third-order valence-corrected chi connectivity index (χ3v) is 4.93.